The first-order chi connectivity index (χ1) is 13.1. The molecule has 27 heavy (non-hydrogen) atoms. The Morgan fingerprint density at radius 2 is 2.00 bits per heavy atom. The Kier molecular flexibility index (Phi) is 3.68. The third-order valence-electron chi connectivity index (χ3n) is 5.39. The molecule has 5 rings (SSSR count). The molecule has 2 aliphatic rings. The molecule has 0 saturated heterocycles. The minimum Gasteiger partial charge on any atom is -0.377 e. The summed E-state index contributed by atoms with van der Waals surface area (Å²) < 4.78 is 0. The van der Waals surface area contributed by atoms with Gasteiger partial charge in [0.2, 0.25) is 0 Å². The standard InChI is InChI=1S/C20H18ClN5O/c1-26-10-9-22-19(26)16-17(11-5-7-12(21)8-6-11)23-14-4-2-3-13-15(14)18(16)24-25-20(13)27/h2-8,16-17,23H,9-10H2,1H3,(H,25,27)/t16-,17+/m1/s1. The van der Waals surface area contributed by atoms with Crippen molar-refractivity contribution in [2.45, 2.75) is 12.0 Å². The number of H-pyrrole nitrogens is 1. The van der Waals surface area contributed by atoms with Gasteiger partial charge in [0.15, 0.2) is 0 Å². The van der Waals surface area contributed by atoms with E-state index in [1.807, 2.05) is 49.5 Å². The summed E-state index contributed by atoms with van der Waals surface area (Å²) in [5.41, 5.74) is 2.69. The summed E-state index contributed by atoms with van der Waals surface area (Å²) in [7, 11) is 2.05. The lowest BCUT2D eigenvalue weighted by Gasteiger charge is -2.36. The first-order valence-corrected chi connectivity index (χ1v) is 9.30. The number of hydrogen-bond acceptors (Lipinski definition) is 5. The monoisotopic (exact) mass is 379 g/mol. The van der Waals surface area contributed by atoms with Gasteiger partial charge in [0.05, 0.1) is 29.6 Å². The van der Waals surface area contributed by atoms with Crippen LogP contribution in [-0.2, 0) is 0 Å². The van der Waals surface area contributed by atoms with Crippen molar-refractivity contribution < 1.29 is 0 Å². The van der Waals surface area contributed by atoms with E-state index < -0.39 is 0 Å². The molecular formula is C20H18ClN5O. The van der Waals surface area contributed by atoms with Crippen molar-refractivity contribution in [1.82, 2.24) is 15.1 Å². The van der Waals surface area contributed by atoms with Crippen LogP contribution >= 0.6 is 11.6 Å². The molecule has 3 heterocycles. The van der Waals surface area contributed by atoms with Gasteiger partial charge in [-0.05, 0) is 29.8 Å². The van der Waals surface area contributed by atoms with Gasteiger partial charge in [0.25, 0.3) is 5.56 Å². The third-order valence-corrected chi connectivity index (χ3v) is 5.64. The number of aromatic nitrogens is 2. The second-order valence-corrected chi connectivity index (χ2v) is 7.42. The highest BCUT2D eigenvalue weighted by atomic mass is 35.5. The summed E-state index contributed by atoms with van der Waals surface area (Å²) in [6, 6.07) is 13.5. The molecule has 2 N–H and O–H groups in total. The lowest BCUT2D eigenvalue weighted by Crippen LogP contribution is -2.37. The first-order valence-electron chi connectivity index (χ1n) is 8.92. The van der Waals surface area contributed by atoms with Crippen LogP contribution < -0.4 is 10.9 Å². The largest absolute Gasteiger partial charge is 0.377 e. The molecule has 2 aliphatic heterocycles. The summed E-state index contributed by atoms with van der Waals surface area (Å²) in [6.07, 6.45) is 0. The second kappa shape index (κ2) is 6.09. The van der Waals surface area contributed by atoms with E-state index in [9.17, 15) is 4.79 Å². The molecule has 7 heteroatoms. The number of amidine groups is 1. The van der Waals surface area contributed by atoms with Crippen LogP contribution in [0.3, 0.4) is 0 Å². The van der Waals surface area contributed by atoms with Crippen molar-refractivity contribution in [3.05, 3.63) is 69.1 Å². The molecule has 0 radical (unpaired) electrons. The molecule has 0 aliphatic carbocycles. The van der Waals surface area contributed by atoms with Crippen LogP contribution in [0.1, 0.15) is 23.2 Å². The minimum absolute atomic E-state index is 0.0573. The smallest absolute Gasteiger partial charge is 0.272 e. The fraction of sp³-hybridized carbons (Fsp3) is 0.250. The van der Waals surface area contributed by atoms with Gasteiger partial charge in [-0.15, -0.1) is 0 Å². The van der Waals surface area contributed by atoms with Crippen LogP contribution in [0.15, 0.2) is 52.3 Å². The van der Waals surface area contributed by atoms with Crippen molar-refractivity contribution in [2.24, 2.45) is 4.99 Å². The topological polar surface area (TPSA) is 73.4 Å². The van der Waals surface area contributed by atoms with E-state index in [2.05, 4.69) is 20.4 Å². The van der Waals surface area contributed by atoms with Gasteiger partial charge in [-0.1, -0.05) is 29.8 Å². The van der Waals surface area contributed by atoms with Gasteiger partial charge in [0.1, 0.15) is 5.84 Å². The predicted octanol–water partition coefficient (Wildman–Crippen LogP) is 3.17. The van der Waals surface area contributed by atoms with Crippen molar-refractivity contribution in [3.63, 3.8) is 0 Å². The molecule has 3 aromatic rings. The van der Waals surface area contributed by atoms with Crippen LogP contribution in [0, 0.1) is 0 Å². The number of anilines is 1. The molecule has 1 aromatic heterocycles. The average molecular weight is 380 g/mol. The number of hydrogen-bond donors (Lipinski definition) is 2. The number of nitrogens with one attached hydrogen (secondary N) is 2. The number of aromatic amines is 1. The van der Waals surface area contributed by atoms with Crippen LogP contribution in [0.2, 0.25) is 5.02 Å². The fourth-order valence-corrected chi connectivity index (χ4v) is 4.23. The number of aliphatic imine (C=N–C) groups is 1. The molecule has 0 spiro atoms. The summed E-state index contributed by atoms with van der Waals surface area (Å²) in [5.74, 6) is 0.880. The van der Waals surface area contributed by atoms with E-state index in [0.717, 1.165) is 41.3 Å². The molecule has 0 saturated carbocycles. The van der Waals surface area contributed by atoms with Crippen molar-refractivity contribution >= 4 is 33.9 Å². The summed E-state index contributed by atoms with van der Waals surface area (Å²) in [6.45, 7) is 1.65. The molecule has 2 aromatic carbocycles. The highest BCUT2D eigenvalue weighted by Crippen LogP contribution is 2.44. The average Bonchev–Trinajstić information content (AvgIpc) is 3.10. The normalized spacial score (nSPS) is 21.3. The maximum Gasteiger partial charge on any atom is 0.272 e. The maximum absolute atomic E-state index is 12.3. The molecule has 0 unspecified atom stereocenters. The van der Waals surface area contributed by atoms with E-state index >= 15 is 0 Å². The molecule has 0 amide bonds. The molecule has 0 fully saturated rings. The first kappa shape index (κ1) is 16.3. The van der Waals surface area contributed by atoms with E-state index in [-0.39, 0.29) is 17.5 Å². The SMILES string of the molecule is CN1CCN=C1[C@H]1c2n[nH]c(=O)c3cccc(c23)N[C@H]1c1ccc(Cl)cc1. The van der Waals surface area contributed by atoms with E-state index in [1.54, 1.807) is 0 Å². The maximum atomic E-state index is 12.3. The van der Waals surface area contributed by atoms with Crippen LogP contribution in [0.5, 0.6) is 0 Å². The van der Waals surface area contributed by atoms with Crippen molar-refractivity contribution in [3.8, 4) is 0 Å². The van der Waals surface area contributed by atoms with Gasteiger partial charge in [-0.2, -0.15) is 5.10 Å². The third kappa shape index (κ3) is 2.51. The van der Waals surface area contributed by atoms with Crippen LogP contribution in [0.25, 0.3) is 10.8 Å². The number of rotatable bonds is 2. The van der Waals surface area contributed by atoms with Gasteiger partial charge in [-0.3, -0.25) is 9.79 Å². The summed E-state index contributed by atoms with van der Waals surface area (Å²) in [4.78, 5) is 19.2. The number of benzene rings is 2. The van der Waals surface area contributed by atoms with Gasteiger partial charge in [0, 0.05) is 29.7 Å². The second-order valence-electron chi connectivity index (χ2n) is 6.98. The van der Waals surface area contributed by atoms with Gasteiger partial charge < -0.3 is 10.2 Å². The Bertz CT molecular complexity index is 1120. The van der Waals surface area contributed by atoms with E-state index in [4.69, 9.17) is 16.6 Å². The number of nitrogens with zero attached hydrogens (tertiary/aromatic N) is 3. The van der Waals surface area contributed by atoms with Crippen LogP contribution in [-0.4, -0.2) is 41.1 Å². The molecule has 6 nitrogen and oxygen atoms in total. The Hall–Kier alpha value is -2.86. The van der Waals surface area contributed by atoms with Gasteiger partial charge in [-0.25, -0.2) is 5.10 Å². The van der Waals surface area contributed by atoms with E-state index in [0.29, 0.717) is 10.4 Å². The highest BCUT2D eigenvalue weighted by Gasteiger charge is 2.39. The molecule has 136 valence electrons. The van der Waals surface area contributed by atoms with Gasteiger partial charge >= 0.3 is 0 Å². The molecule has 2 atom stereocenters. The Morgan fingerprint density at radius 1 is 1.19 bits per heavy atom. The zero-order valence-corrected chi connectivity index (χ0v) is 15.5. The minimum atomic E-state index is -0.178. The predicted molar refractivity (Wildman–Crippen MR) is 108 cm³/mol. The zero-order valence-electron chi connectivity index (χ0n) is 14.7. The summed E-state index contributed by atoms with van der Waals surface area (Å²) in [5, 5.41) is 13.0. The quantitative estimate of drug-likeness (QED) is 0.717. The van der Waals surface area contributed by atoms with Crippen molar-refractivity contribution in [2.75, 3.05) is 25.5 Å². The Balaban J connectivity index is 1.77. The van der Waals surface area contributed by atoms with Crippen LogP contribution in [0.4, 0.5) is 5.69 Å². The van der Waals surface area contributed by atoms with Crippen molar-refractivity contribution in [1.29, 1.82) is 0 Å². The lowest BCUT2D eigenvalue weighted by atomic mass is 9.83. The lowest BCUT2D eigenvalue weighted by molar-refractivity contribution is 0.518. The zero-order chi connectivity index (χ0) is 18.5. The Labute approximate surface area is 160 Å². The summed E-state index contributed by atoms with van der Waals surface area (Å²) >= 11 is 6.10. The molecule has 0 bridgehead atoms. The number of halogens is 1. The number of likely N-dealkylation sites (N-methyl/N-ethyl adjacent to an activating group) is 1. The van der Waals surface area contributed by atoms with E-state index in [1.165, 1.54) is 0 Å². The highest BCUT2D eigenvalue weighted by molar-refractivity contribution is 6.30. The Morgan fingerprint density at radius 3 is 2.74 bits per heavy atom. The fourth-order valence-electron chi connectivity index (χ4n) is 4.10. The molecular weight excluding hydrogens is 362 g/mol.